The number of rotatable bonds is 5. The lowest BCUT2D eigenvalue weighted by molar-refractivity contribution is -0.127. The van der Waals surface area contributed by atoms with Gasteiger partial charge in [0.15, 0.2) is 17.4 Å². The highest BCUT2D eigenvalue weighted by Gasteiger charge is 2.28. The van der Waals surface area contributed by atoms with Crippen molar-refractivity contribution >= 4 is 17.7 Å². The number of amidine groups is 1. The van der Waals surface area contributed by atoms with Gasteiger partial charge in [-0.25, -0.2) is 23.7 Å². The van der Waals surface area contributed by atoms with Crippen molar-refractivity contribution in [1.29, 1.82) is 0 Å². The van der Waals surface area contributed by atoms with Gasteiger partial charge in [-0.15, -0.1) is 0 Å². The van der Waals surface area contributed by atoms with Crippen LogP contribution < -0.4 is 10.2 Å². The predicted molar refractivity (Wildman–Crippen MR) is 128 cm³/mol. The highest BCUT2D eigenvalue weighted by atomic mass is 19.1. The maximum atomic E-state index is 14.3. The molecule has 0 atom stereocenters. The average Bonchev–Trinajstić information content (AvgIpc) is 2.89. The molecule has 35 heavy (non-hydrogen) atoms. The second-order valence-electron chi connectivity index (χ2n) is 8.12. The molecule has 1 aromatic carbocycles. The van der Waals surface area contributed by atoms with Gasteiger partial charge in [0.05, 0.1) is 17.8 Å². The van der Waals surface area contributed by atoms with E-state index in [0.717, 1.165) is 12.1 Å². The Labute approximate surface area is 202 Å². The van der Waals surface area contributed by atoms with Crippen LogP contribution in [0.1, 0.15) is 12.5 Å². The van der Waals surface area contributed by atoms with Crippen LogP contribution in [0.2, 0.25) is 0 Å². The van der Waals surface area contributed by atoms with Gasteiger partial charge >= 0.3 is 0 Å². The maximum absolute atomic E-state index is 14.3. The van der Waals surface area contributed by atoms with E-state index in [9.17, 15) is 18.7 Å². The summed E-state index contributed by atoms with van der Waals surface area (Å²) < 4.78 is 28.2. The number of aliphatic imine (C=N–C) groups is 1. The summed E-state index contributed by atoms with van der Waals surface area (Å²) in [5.41, 5.74) is 0.481. The smallest absolute Gasteiger partial charge is 0.272 e. The Morgan fingerprint density at radius 1 is 1.17 bits per heavy atom. The fourth-order valence-electron chi connectivity index (χ4n) is 4.01. The second-order valence-corrected chi connectivity index (χ2v) is 8.12. The van der Waals surface area contributed by atoms with Gasteiger partial charge in [-0.05, 0) is 25.1 Å². The lowest BCUT2D eigenvalue weighted by Crippen LogP contribution is -2.50. The first-order chi connectivity index (χ1) is 16.9. The summed E-state index contributed by atoms with van der Waals surface area (Å²) in [5, 5.41) is 13.1. The quantitative estimate of drug-likeness (QED) is 0.628. The monoisotopic (exact) mass is 483 g/mol. The molecule has 0 unspecified atom stereocenters. The molecule has 0 spiro atoms. The molecule has 0 saturated carbocycles. The Morgan fingerprint density at radius 3 is 2.54 bits per heavy atom. The zero-order valence-corrected chi connectivity index (χ0v) is 19.4. The molecule has 1 amide bonds. The molecule has 2 N–H and O–H groups in total. The number of aromatic hydroxyl groups is 1. The van der Waals surface area contributed by atoms with Crippen LogP contribution in [0, 0.1) is 11.6 Å². The number of amides is 1. The number of carbonyl (C=O) groups is 1. The summed E-state index contributed by atoms with van der Waals surface area (Å²) >= 11 is 0. The van der Waals surface area contributed by atoms with E-state index in [2.05, 4.69) is 26.9 Å². The lowest BCUT2D eigenvalue weighted by atomic mass is 10.1. The van der Waals surface area contributed by atoms with Crippen molar-refractivity contribution in [1.82, 2.24) is 25.1 Å². The summed E-state index contributed by atoms with van der Waals surface area (Å²) in [6.07, 6.45) is 4.97. The Hall–Kier alpha value is -4.02. The lowest BCUT2D eigenvalue weighted by Gasteiger charge is -2.35. The fourth-order valence-corrected chi connectivity index (χ4v) is 4.01. The van der Waals surface area contributed by atoms with E-state index < -0.39 is 17.4 Å². The van der Waals surface area contributed by atoms with Crippen LogP contribution in [0.25, 0.3) is 0 Å². The summed E-state index contributed by atoms with van der Waals surface area (Å²) in [4.78, 5) is 31.7. The molecule has 1 aromatic heterocycles. The molecule has 11 heteroatoms. The number of nitrogens with one attached hydrogen (secondary N) is 1. The molecule has 2 fully saturated rings. The van der Waals surface area contributed by atoms with Crippen LogP contribution >= 0.6 is 0 Å². The fraction of sp³-hybridized carbons (Fsp3) is 0.333. The van der Waals surface area contributed by atoms with Gasteiger partial charge in [0, 0.05) is 51.7 Å². The van der Waals surface area contributed by atoms with Crippen LogP contribution in [0.15, 0.2) is 59.6 Å². The van der Waals surface area contributed by atoms with Gasteiger partial charge in [-0.3, -0.25) is 4.79 Å². The summed E-state index contributed by atoms with van der Waals surface area (Å²) in [6, 6.07) is 3.60. The van der Waals surface area contributed by atoms with E-state index in [4.69, 9.17) is 0 Å². The first kappa shape index (κ1) is 24.1. The molecule has 3 heterocycles. The number of allylic oxidation sites excluding steroid dienone is 1. The van der Waals surface area contributed by atoms with Gasteiger partial charge in [0.1, 0.15) is 11.5 Å². The van der Waals surface area contributed by atoms with Gasteiger partial charge in [-0.1, -0.05) is 12.7 Å². The van der Waals surface area contributed by atoms with Crippen LogP contribution in [-0.4, -0.2) is 75.9 Å². The highest BCUT2D eigenvalue weighted by molar-refractivity contribution is 6.03. The van der Waals surface area contributed by atoms with Gasteiger partial charge in [0.25, 0.3) is 5.91 Å². The summed E-state index contributed by atoms with van der Waals surface area (Å²) in [7, 11) is 0. The molecule has 4 rings (SSSR count). The van der Waals surface area contributed by atoms with Crippen molar-refractivity contribution in [2.75, 3.05) is 44.2 Å². The largest absolute Gasteiger partial charge is 0.505 e. The topological polar surface area (TPSA) is 97.2 Å². The molecular weight excluding hydrogens is 456 g/mol. The second kappa shape index (κ2) is 10.5. The standard InChI is InChI=1S/C24H27F2N7O2/c1-3-20(23(35)31-11-13-32(14-12-31)24-28-7-4-8-29-24)30-22-16(2)27-9-10-33(22)15-17-18(25)5-6-19(26)21(17)34/h3-8,27,34H,2,9-15H2,1H3/b20-3-,30-22+. The first-order valence-corrected chi connectivity index (χ1v) is 11.3. The van der Waals surface area contributed by atoms with E-state index >= 15 is 0 Å². The maximum Gasteiger partial charge on any atom is 0.272 e. The summed E-state index contributed by atoms with van der Waals surface area (Å²) in [5.74, 6) is -1.66. The molecule has 2 aliphatic rings. The number of nitrogens with zero attached hydrogens (tertiary/aromatic N) is 6. The molecule has 9 nitrogen and oxygen atoms in total. The normalized spacial score (nSPS) is 18.1. The Kier molecular flexibility index (Phi) is 7.23. The SMILES string of the molecule is C=C1NCCN(Cc2c(F)ccc(F)c2O)/C1=N/C(=C\C)C(=O)N1CCN(c2ncccn2)CC1. The van der Waals surface area contributed by atoms with Crippen LogP contribution in [-0.2, 0) is 11.3 Å². The molecule has 2 aliphatic heterocycles. The number of aromatic nitrogens is 2. The highest BCUT2D eigenvalue weighted by Crippen LogP contribution is 2.26. The third-order valence-electron chi connectivity index (χ3n) is 5.94. The molecule has 2 aromatic rings. The molecule has 0 aliphatic carbocycles. The Morgan fingerprint density at radius 2 is 1.86 bits per heavy atom. The number of hydrogen-bond donors (Lipinski definition) is 2. The minimum absolute atomic E-state index is 0.129. The average molecular weight is 484 g/mol. The number of benzene rings is 1. The zero-order valence-electron chi connectivity index (χ0n) is 19.4. The van der Waals surface area contributed by atoms with Crippen molar-refractivity contribution in [2.45, 2.75) is 13.5 Å². The number of carbonyl (C=O) groups excluding carboxylic acids is 1. The van der Waals surface area contributed by atoms with Crippen molar-refractivity contribution < 1.29 is 18.7 Å². The van der Waals surface area contributed by atoms with Crippen molar-refractivity contribution in [3.05, 3.63) is 71.8 Å². The van der Waals surface area contributed by atoms with E-state index in [1.54, 1.807) is 41.3 Å². The molecular formula is C24H27F2N7O2. The van der Waals surface area contributed by atoms with Crippen LogP contribution in [0.4, 0.5) is 14.7 Å². The van der Waals surface area contributed by atoms with Crippen molar-refractivity contribution in [2.24, 2.45) is 4.99 Å². The summed E-state index contributed by atoms with van der Waals surface area (Å²) in [6.45, 7) is 8.57. The molecule has 184 valence electrons. The van der Waals surface area contributed by atoms with E-state index in [0.29, 0.717) is 56.7 Å². The minimum atomic E-state index is -0.904. The van der Waals surface area contributed by atoms with Crippen LogP contribution in [0.5, 0.6) is 5.75 Å². The van der Waals surface area contributed by atoms with Crippen molar-refractivity contribution in [3.8, 4) is 5.75 Å². The minimum Gasteiger partial charge on any atom is -0.505 e. The number of piperazine rings is 2. The van der Waals surface area contributed by atoms with Gasteiger partial charge in [0.2, 0.25) is 5.95 Å². The Balaban J connectivity index is 1.51. The molecule has 0 bridgehead atoms. The van der Waals surface area contributed by atoms with E-state index in [1.165, 1.54) is 0 Å². The number of halogens is 2. The number of hydrogen-bond acceptors (Lipinski definition) is 7. The number of phenolic OH excluding ortho intramolecular Hbond substituents is 1. The number of phenols is 1. The molecule has 2 saturated heterocycles. The Bertz CT molecular complexity index is 1160. The van der Waals surface area contributed by atoms with Gasteiger partial charge < -0.3 is 25.1 Å². The number of anilines is 1. The zero-order chi connectivity index (χ0) is 24.9. The third-order valence-corrected chi connectivity index (χ3v) is 5.94. The first-order valence-electron chi connectivity index (χ1n) is 11.3. The van der Waals surface area contributed by atoms with E-state index in [-0.39, 0.29) is 23.7 Å². The molecule has 0 radical (unpaired) electrons. The predicted octanol–water partition coefficient (Wildman–Crippen LogP) is 2.03. The van der Waals surface area contributed by atoms with Gasteiger partial charge in [-0.2, -0.15) is 0 Å². The van der Waals surface area contributed by atoms with Crippen LogP contribution in [0.3, 0.4) is 0 Å². The van der Waals surface area contributed by atoms with Crippen molar-refractivity contribution in [3.63, 3.8) is 0 Å². The van der Waals surface area contributed by atoms with E-state index in [1.807, 2.05) is 4.90 Å². The third kappa shape index (κ3) is 5.23.